The molecule has 0 N–H and O–H groups in total. The second-order valence-corrected chi connectivity index (χ2v) is 7.48. The minimum absolute atomic E-state index is 0.0415. The van der Waals surface area contributed by atoms with Crippen LogP contribution in [0.4, 0.5) is 13.2 Å². The first-order chi connectivity index (χ1) is 14.0. The summed E-state index contributed by atoms with van der Waals surface area (Å²) in [7, 11) is 1.16. The van der Waals surface area contributed by atoms with Crippen LogP contribution in [0.3, 0.4) is 0 Å². The van der Waals surface area contributed by atoms with Gasteiger partial charge in [-0.1, -0.05) is 29.9 Å². The van der Waals surface area contributed by atoms with Crippen LogP contribution in [-0.4, -0.2) is 54.7 Å². The molecule has 0 aromatic rings. The van der Waals surface area contributed by atoms with Crippen LogP contribution in [0.5, 0.6) is 0 Å². The Kier molecular flexibility index (Phi) is 7.39. The number of allylic oxidation sites excluding steroid dienone is 4. The van der Waals surface area contributed by atoms with Crippen LogP contribution in [-0.2, 0) is 23.9 Å². The van der Waals surface area contributed by atoms with Crippen molar-refractivity contribution in [2.75, 3.05) is 20.2 Å². The van der Waals surface area contributed by atoms with Crippen LogP contribution in [0, 0.1) is 11.3 Å². The SMILES string of the molecule is COC(=O)[C@]12CC(=O)/C=C(/C)CCN(C(=O)C(F)(F)F)C/C=C/C=C\[C@@H]1CCC2=O. The average molecular weight is 427 g/mol. The van der Waals surface area contributed by atoms with Crippen molar-refractivity contribution in [1.82, 2.24) is 4.90 Å². The van der Waals surface area contributed by atoms with Crippen molar-refractivity contribution in [3.05, 3.63) is 36.0 Å². The number of hydrogen-bond acceptors (Lipinski definition) is 5. The summed E-state index contributed by atoms with van der Waals surface area (Å²) in [6.07, 6.45) is 2.31. The fraction of sp³-hybridized carbons (Fsp3) is 0.524. The molecule has 164 valence electrons. The molecule has 0 spiro atoms. The number of rotatable bonds is 1. The number of alkyl halides is 3. The summed E-state index contributed by atoms with van der Waals surface area (Å²) in [5, 5.41) is 0. The van der Waals surface area contributed by atoms with Crippen molar-refractivity contribution in [1.29, 1.82) is 0 Å². The summed E-state index contributed by atoms with van der Waals surface area (Å²) in [5.74, 6) is -4.14. The lowest BCUT2D eigenvalue weighted by Crippen LogP contribution is -2.43. The van der Waals surface area contributed by atoms with Gasteiger partial charge in [0.2, 0.25) is 0 Å². The van der Waals surface area contributed by atoms with Gasteiger partial charge in [0.15, 0.2) is 11.6 Å². The molecule has 9 heteroatoms. The number of esters is 1. The lowest BCUT2D eigenvalue weighted by atomic mass is 9.72. The van der Waals surface area contributed by atoms with E-state index in [0.29, 0.717) is 16.9 Å². The zero-order valence-corrected chi connectivity index (χ0v) is 16.8. The van der Waals surface area contributed by atoms with E-state index in [-0.39, 0.29) is 38.1 Å². The molecule has 1 amide bonds. The molecular weight excluding hydrogens is 403 g/mol. The van der Waals surface area contributed by atoms with Gasteiger partial charge in [-0.25, -0.2) is 0 Å². The molecule has 1 heterocycles. The van der Waals surface area contributed by atoms with Crippen LogP contribution >= 0.6 is 0 Å². The van der Waals surface area contributed by atoms with Gasteiger partial charge in [-0.15, -0.1) is 0 Å². The molecule has 1 aliphatic carbocycles. The molecule has 6 nitrogen and oxygen atoms in total. The third-order valence-corrected chi connectivity index (χ3v) is 5.45. The first kappa shape index (κ1) is 23.6. The Morgan fingerprint density at radius 2 is 1.90 bits per heavy atom. The molecule has 1 fully saturated rings. The van der Waals surface area contributed by atoms with Gasteiger partial charge in [0.05, 0.1) is 7.11 Å². The molecule has 30 heavy (non-hydrogen) atoms. The largest absolute Gasteiger partial charge is 0.471 e. The molecule has 0 aromatic carbocycles. The van der Waals surface area contributed by atoms with Gasteiger partial charge in [0.25, 0.3) is 0 Å². The Balaban J connectivity index is 2.41. The van der Waals surface area contributed by atoms with Gasteiger partial charge < -0.3 is 9.64 Å². The average Bonchev–Trinajstić information content (AvgIpc) is 2.97. The number of hydrogen-bond donors (Lipinski definition) is 0. The van der Waals surface area contributed by atoms with Crippen molar-refractivity contribution in [3.8, 4) is 0 Å². The third kappa shape index (κ3) is 5.06. The highest BCUT2D eigenvalue weighted by Crippen LogP contribution is 2.45. The van der Waals surface area contributed by atoms with Gasteiger partial charge in [-0.2, -0.15) is 13.2 Å². The summed E-state index contributed by atoms with van der Waals surface area (Å²) in [6.45, 7) is 1.05. The number of carbonyl (C=O) groups excluding carboxylic acids is 4. The molecule has 1 saturated carbocycles. The van der Waals surface area contributed by atoms with Crippen LogP contribution in [0.1, 0.15) is 32.6 Å². The Labute approximate surface area is 172 Å². The van der Waals surface area contributed by atoms with Crippen molar-refractivity contribution in [2.45, 2.75) is 38.8 Å². The molecule has 0 unspecified atom stereocenters. The number of nitrogens with zero attached hydrogens (tertiary/aromatic N) is 1. The number of fused-ring (bicyclic) bond motifs is 1. The molecular formula is C21H24F3NO5. The molecule has 2 rings (SSSR count). The Morgan fingerprint density at radius 3 is 2.53 bits per heavy atom. The lowest BCUT2D eigenvalue weighted by Gasteiger charge is -2.28. The number of methoxy groups -OCH3 is 1. The smallest absolute Gasteiger partial charge is 0.468 e. The van der Waals surface area contributed by atoms with Crippen LogP contribution in [0.2, 0.25) is 0 Å². The minimum atomic E-state index is -4.99. The van der Waals surface area contributed by atoms with E-state index in [2.05, 4.69) is 0 Å². The second kappa shape index (κ2) is 9.40. The maximum atomic E-state index is 12.8. The Morgan fingerprint density at radius 1 is 1.20 bits per heavy atom. The van der Waals surface area contributed by atoms with E-state index in [1.165, 1.54) is 24.3 Å². The fourth-order valence-electron chi connectivity index (χ4n) is 3.88. The normalized spacial score (nSPS) is 30.0. The molecule has 0 saturated heterocycles. The van der Waals surface area contributed by atoms with E-state index in [4.69, 9.17) is 4.74 Å². The van der Waals surface area contributed by atoms with Gasteiger partial charge in [-0.05, 0) is 25.8 Å². The predicted octanol–water partition coefficient (Wildman–Crippen LogP) is 2.94. The fourth-order valence-corrected chi connectivity index (χ4v) is 3.88. The monoisotopic (exact) mass is 427 g/mol. The summed E-state index contributed by atoms with van der Waals surface area (Å²) < 4.78 is 43.3. The minimum Gasteiger partial charge on any atom is -0.468 e. The van der Waals surface area contributed by atoms with Gasteiger partial charge in [0, 0.05) is 31.8 Å². The van der Waals surface area contributed by atoms with Gasteiger partial charge >= 0.3 is 18.1 Å². The van der Waals surface area contributed by atoms with Crippen molar-refractivity contribution in [2.24, 2.45) is 11.3 Å². The molecule has 0 bridgehead atoms. The molecule has 0 radical (unpaired) electrons. The summed E-state index contributed by atoms with van der Waals surface area (Å²) >= 11 is 0. The molecule has 2 atom stereocenters. The predicted molar refractivity (Wildman–Crippen MR) is 101 cm³/mol. The van der Waals surface area contributed by atoms with E-state index in [1.54, 1.807) is 13.0 Å². The van der Waals surface area contributed by atoms with Crippen LogP contribution < -0.4 is 0 Å². The Bertz CT molecular complexity index is 812. The van der Waals surface area contributed by atoms with E-state index in [9.17, 15) is 32.3 Å². The maximum absolute atomic E-state index is 12.8. The van der Waals surface area contributed by atoms with Crippen LogP contribution in [0.15, 0.2) is 36.0 Å². The first-order valence-corrected chi connectivity index (χ1v) is 9.53. The van der Waals surface area contributed by atoms with E-state index in [0.717, 1.165) is 7.11 Å². The maximum Gasteiger partial charge on any atom is 0.471 e. The standard InChI is InChI=1S/C21H24F3NO5/c1-14-9-11-25(18(28)21(22,23)24)10-5-3-4-6-15-7-8-17(27)20(15,19(29)30-2)13-16(26)12-14/h3-6,12,15H,7-11,13H2,1-2H3/b5-3+,6-4-,14-12-/t15-,20-/m1/s1. The highest BCUT2D eigenvalue weighted by atomic mass is 19.4. The number of amides is 1. The third-order valence-electron chi connectivity index (χ3n) is 5.45. The van der Waals surface area contributed by atoms with Gasteiger partial charge in [0.1, 0.15) is 5.41 Å². The number of Topliss-reactive ketones (excluding diaryl/α,β-unsaturated/α-hetero) is 1. The number of carbonyl (C=O) groups is 4. The second-order valence-electron chi connectivity index (χ2n) is 7.48. The van der Waals surface area contributed by atoms with Crippen molar-refractivity contribution < 1.29 is 37.1 Å². The van der Waals surface area contributed by atoms with Crippen molar-refractivity contribution in [3.63, 3.8) is 0 Å². The highest BCUT2D eigenvalue weighted by Gasteiger charge is 2.56. The van der Waals surface area contributed by atoms with Gasteiger partial charge in [-0.3, -0.25) is 19.2 Å². The zero-order chi connectivity index (χ0) is 22.5. The topological polar surface area (TPSA) is 80.8 Å². The number of ketones is 2. The van der Waals surface area contributed by atoms with Crippen molar-refractivity contribution >= 4 is 23.4 Å². The summed E-state index contributed by atoms with van der Waals surface area (Å²) in [4.78, 5) is 50.1. The first-order valence-electron chi connectivity index (χ1n) is 9.53. The quantitative estimate of drug-likeness (QED) is 0.475. The lowest BCUT2D eigenvalue weighted by molar-refractivity contribution is -0.184. The summed E-state index contributed by atoms with van der Waals surface area (Å²) in [6, 6.07) is 0. The summed E-state index contributed by atoms with van der Waals surface area (Å²) in [5.41, 5.74) is -1.16. The number of halogens is 3. The van der Waals surface area contributed by atoms with E-state index >= 15 is 0 Å². The number of ether oxygens (including phenoxy) is 1. The van der Waals surface area contributed by atoms with Crippen LogP contribution in [0.25, 0.3) is 0 Å². The molecule has 0 aromatic heterocycles. The molecule has 2 aliphatic rings. The van der Waals surface area contributed by atoms with E-state index in [1.807, 2.05) is 0 Å². The molecule has 1 aliphatic heterocycles. The highest BCUT2D eigenvalue weighted by molar-refractivity contribution is 6.10. The zero-order valence-electron chi connectivity index (χ0n) is 16.8. The Hall–Kier alpha value is -2.71. The van der Waals surface area contributed by atoms with E-state index < -0.39 is 35.2 Å².